The lowest BCUT2D eigenvalue weighted by molar-refractivity contribution is -0.139. The fraction of sp³-hybridized carbons (Fsp3) is 0.750. The van der Waals surface area contributed by atoms with E-state index in [9.17, 15) is 14.4 Å². The molecule has 0 aliphatic carbocycles. The monoisotopic (exact) mass is 287 g/mol. The van der Waals surface area contributed by atoms with E-state index in [4.69, 9.17) is 10.2 Å². The van der Waals surface area contributed by atoms with E-state index in [1.54, 1.807) is 4.90 Å². The second-order valence-corrected chi connectivity index (χ2v) is 4.67. The number of hydrogen-bond donors (Lipinski definition) is 4. The molecule has 0 spiro atoms. The minimum atomic E-state index is -1.23. The highest BCUT2D eigenvalue weighted by molar-refractivity contribution is 5.86. The van der Waals surface area contributed by atoms with Gasteiger partial charge in [-0.3, -0.25) is 4.79 Å². The minimum absolute atomic E-state index is 0.0805. The molecule has 1 rings (SSSR count). The fourth-order valence-corrected chi connectivity index (χ4v) is 2.01. The summed E-state index contributed by atoms with van der Waals surface area (Å²) >= 11 is 0. The number of hydrogen-bond acceptors (Lipinski definition) is 4. The van der Waals surface area contributed by atoms with Gasteiger partial charge in [-0.05, 0) is 19.3 Å². The highest BCUT2D eigenvalue weighted by Crippen LogP contribution is 2.08. The first-order valence-electron chi connectivity index (χ1n) is 6.70. The van der Waals surface area contributed by atoms with Crippen LogP contribution >= 0.6 is 0 Å². The number of likely N-dealkylation sites (tertiary alicyclic amines) is 1. The number of piperidine rings is 1. The maximum atomic E-state index is 11.8. The Labute approximate surface area is 117 Å². The average Bonchev–Trinajstić information content (AvgIpc) is 2.45. The van der Waals surface area contributed by atoms with Crippen LogP contribution in [0.1, 0.15) is 25.7 Å². The fourth-order valence-electron chi connectivity index (χ4n) is 2.01. The summed E-state index contributed by atoms with van der Waals surface area (Å²) in [5.74, 6) is -1.40. The third kappa shape index (κ3) is 5.43. The Kier molecular flexibility index (Phi) is 6.78. The molecule has 1 fully saturated rings. The van der Waals surface area contributed by atoms with Crippen molar-refractivity contribution < 1.29 is 24.6 Å². The van der Waals surface area contributed by atoms with Crippen LogP contribution in [-0.4, -0.2) is 65.3 Å². The molecule has 1 atom stereocenters. The lowest BCUT2D eigenvalue weighted by Gasteiger charge is -2.26. The van der Waals surface area contributed by atoms with Gasteiger partial charge < -0.3 is 25.7 Å². The van der Waals surface area contributed by atoms with Crippen molar-refractivity contribution >= 4 is 17.9 Å². The summed E-state index contributed by atoms with van der Waals surface area (Å²) in [6.07, 6.45) is 2.97. The molecule has 0 aromatic carbocycles. The molecule has 20 heavy (non-hydrogen) atoms. The van der Waals surface area contributed by atoms with Crippen molar-refractivity contribution in [3.8, 4) is 0 Å². The van der Waals surface area contributed by atoms with Crippen molar-refractivity contribution in [3.63, 3.8) is 0 Å². The van der Waals surface area contributed by atoms with E-state index in [0.29, 0.717) is 13.1 Å². The quantitative estimate of drug-likeness (QED) is 0.506. The van der Waals surface area contributed by atoms with Crippen LogP contribution < -0.4 is 10.6 Å². The molecule has 1 heterocycles. The number of urea groups is 1. The van der Waals surface area contributed by atoms with Crippen LogP contribution in [0.25, 0.3) is 0 Å². The molecule has 1 aliphatic heterocycles. The largest absolute Gasteiger partial charge is 0.480 e. The number of nitrogens with zero attached hydrogens (tertiary/aromatic N) is 1. The molecule has 0 radical (unpaired) electrons. The predicted octanol–water partition coefficient (Wildman–Crippen LogP) is -0.866. The molecular weight excluding hydrogens is 266 g/mol. The van der Waals surface area contributed by atoms with Crippen molar-refractivity contribution in [2.24, 2.45) is 0 Å². The zero-order valence-corrected chi connectivity index (χ0v) is 11.3. The summed E-state index contributed by atoms with van der Waals surface area (Å²) in [7, 11) is 0. The van der Waals surface area contributed by atoms with Crippen LogP contribution in [0.5, 0.6) is 0 Å². The van der Waals surface area contributed by atoms with Gasteiger partial charge >= 0.3 is 12.0 Å². The third-order valence-corrected chi connectivity index (χ3v) is 3.13. The van der Waals surface area contributed by atoms with Crippen molar-refractivity contribution in [1.82, 2.24) is 15.5 Å². The van der Waals surface area contributed by atoms with E-state index in [2.05, 4.69) is 10.6 Å². The van der Waals surface area contributed by atoms with Crippen LogP contribution in [0.15, 0.2) is 0 Å². The summed E-state index contributed by atoms with van der Waals surface area (Å²) in [6, 6.07) is -1.89. The number of rotatable bonds is 6. The van der Waals surface area contributed by atoms with E-state index in [-0.39, 0.29) is 25.5 Å². The number of amides is 3. The Balaban J connectivity index is 2.30. The van der Waals surface area contributed by atoms with Gasteiger partial charge in [0, 0.05) is 26.1 Å². The molecule has 1 saturated heterocycles. The van der Waals surface area contributed by atoms with E-state index < -0.39 is 18.0 Å². The number of carbonyl (C=O) groups is 3. The lowest BCUT2D eigenvalue weighted by Crippen LogP contribution is -2.49. The van der Waals surface area contributed by atoms with E-state index >= 15 is 0 Å². The van der Waals surface area contributed by atoms with Crippen LogP contribution in [0, 0.1) is 0 Å². The van der Waals surface area contributed by atoms with Crippen molar-refractivity contribution in [2.75, 3.05) is 26.2 Å². The van der Waals surface area contributed by atoms with Gasteiger partial charge in [0.15, 0.2) is 0 Å². The number of carboxylic acid groups (broad SMARTS) is 1. The predicted molar refractivity (Wildman–Crippen MR) is 70.1 cm³/mol. The second kappa shape index (κ2) is 8.36. The third-order valence-electron chi connectivity index (χ3n) is 3.13. The Morgan fingerprint density at radius 3 is 2.35 bits per heavy atom. The number of aliphatic carboxylic acids is 1. The molecular formula is C12H21N3O5. The molecule has 0 saturated carbocycles. The SMILES string of the molecule is O=C(NCC(=O)N1CCCCC1)N[C@H](CCO)C(=O)O. The van der Waals surface area contributed by atoms with Gasteiger partial charge in [0.05, 0.1) is 6.54 Å². The van der Waals surface area contributed by atoms with Crippen LogP contribution in [0.3, 0.4) is 0 Å². The molecule has 114 valence electrons. The summed E-state index contributed by atoms with van der Waals surface area (Å²) < 4.78 is 0. The highest BCUT2D eigenvalue weighted by Gasteiger charge is 2.20. The summed E-state index contributed by atoms with van der Waals surface area (Å²) in [5.41, 5.74) is 0. The molecule has 8 heteroatoms. The molecule has 0 aromatic rings. The minimum Gasteiger partial charge on any atom is -0.480 e. The highest BCUT2D eigenvalue weighted by atomic mass is 16.4. The standard InChI is InChI=1S/C12H21N3O5/c16-7-4-9(11(18)19)14-12(20)13-8-10(17)15-5-2-1-3-6-15/h9,16H,1-8H2,(H,18,19)(H2,13,14,20)/t9-/m1/s1. The van der Waals surface area contributed by atoms with Crippen LogP contribution in [0.4, 0.5) is 4.79 Å². The number of carboxylic acids is 1. The maximum Gasteiger partial charge on any atom is 0.326 e. The molecule has 8 nitrogen and oxygen atoms in total. The van der Waals surface area contributed by atoms with Crippen molar-refractivity contribution in [2.45, 2.75) is 31.7 Å². The first kappa shape index (κ1) is 16.2. The van der Waals surface area contributed by atoms with Crippen molar-refractivity contribution in [3.05, 3.63) is 0 Å². The van der Waals surface area contributed by atoms with Crippen LogP contribution in [0.2, 0.25) is 0 Å². The van der Waals surface area contributed by atoms with Gasteiger partial charge in [0.25, 0.3) is 0 Å². The number of aliphatic hydroxyl groups excluding tert-OH is 1. The normalized spacial score (nSPS) is 16.4. The van der Waals surface area contributed by atoms with Gasteiger partial charge in [0.1, 0.15) is 6.04 Å². The lowest BCUT2D eigenvalue weighted by atomic mass is 10.1. The van der Waals surface area contributed by atoms with E-state index in [1.165, 1.54) is 0 Å². The van der Waals surface area contributed by atoms with Gasteiger partial charge in [-0.1, -0.05) is 0 Å². The first-order chi connectivity index (χ1) is 9.54. The Bertz CT molecular complexity index is 355. The summed E-state index contributed by atoms with van der Waals surface area (Å²) in [6.45, 7) is 0.899. The smallest absolute Gasteiger partial charge is 0.326 e. The van der Waals surface area contributed by atoms with Gasteiger partial charge in [-0.15, -0.1) is 0 Å². The summed E-state index contributed by atoms with van der Waals surface area (Å²) in [4.78, 5) is 35.7. The number of carbonyl (C=O) groups excluding carboxylic acids is 2. The Morgan fingerprint density at radius 2 is 1.80 bits per heavy atom. The summed E-state index contributed by atoms with van der Waals surface area (Å²) in [5, 5.41) is 22.0. The van der Waals surface area contributed by atoms with E-state index in [0.717, 1.165) is 19.3 Å². The zero-order chi connectivity index (χ0) is 15.0. The zero-order valence-electron chi connectivity index (χ0n) is 11.3. The van der Waals surface area contributed by atoms with Gasteiger partial charge in [0.2, 0.25) is 5.91 Å². The number of aliphatic hydroxyl groups is 1. The molecule has 1 aliphatic rings. The first-order valence-corrected chi connectivity index (χ1v) is 6.70. The van der Waals surface area contributed by atoms with Crippen molar-refractivity contribution in [1.29, 1.82) is 0 Å². The maximum absolute atomic E-state index is 11.8. The Hall–Kier alpha value is -1.83. The Morgan fingerprint density at radius 1 is 1.15 bits per heavy atom. The topological polar surface area (TPSA) is 119 Å². The number of nitrogens with one attached hydrogen (secondary N) is 2. The van der Waals surface area contributed by atoms with Gasteiger partial charge in [-0.2, -0.15) is 0 Å². The molecule has 3 amide bonds. The average molecular weight is 287 g/mol. The van der Waals surface area contributed by atoms with Gasteiger partial charge in [-0.25, -0.2) is 9.59 Å². The molecule has 0 bridgehead atoms. The molecule has 0 unspecified atom stereocenters. The second-order valence-electron chi connectivity index (χ2n) is 4.67. The molecule has 0 aromatic heterocycles. The van der Waals surface area contributed by atoms with Crippen LogP contribution in [-0.2, 0) is 9.59 Å². The van der Waals surface area contributed by atoms with E-state index in [1.807, 2.05) is 0 Å². The molecule has 4 N–H and O–H groups in total.